The number of rotatable bonds is 7. The van der Waals surface area contributed by atoms with E-state index >= 15 is 0 Å². The van der Waals surface area contributed by atoms with Crippen molar-refractivity contribution in [2.45, 2.75) is 19.9 Å². The quantitative estimate of drug-likeness (QED) is 0.438. The Morgan fingerprint density at radius 3 is 2.50 bits per heavy atom. The summed E-state index contributed by atoms with van der Waals surface area (Å²) in [5, 5.41) is 0. The maximum atomic E-state index is 5.99. The van der Waals surface area contributed by atoms with Crippen molar-refractivity contribution in [2.75, 3.05) is 13.7 Å². The molecule has 4 aromatic rings. The molecule has 4 heteroatoms. The number of aryl methyl sites for hydroxylation is 1. The van der Waals surface area contributed by atoms with Crippen LogP contribution in [0.25, 0.3) is 22.4 Å². The van der Waals surface area contributed by atoms with E-state index in [0.29, 0.717) is 13.2 Å². The summed E-state index contributed by atoms with van der Waals surface area (Å²) in [6, 6.07) is 24.5. The minimum atomic E-state index is 0.572. The van der Waals surface area contributed by atoms with E-state index in [1.807, 2.05) is 48.5 Å². The third kappa shape index (κ3) is 3.72. The van der Waals surface area contributed by atoms with E-state index in [2.05, 4.69) is 35.8 Å². The summed E-state index contributed by atoms with van der Waals surface area (Å²) in [4.78, 5) is 4.86. The van der Waals surface area contributed by atoms with Gasteiger partial charge in [-0.3, -0.25) is 0 Å². The van der Waals surface area contributed by atoms with E-state index in [-0.39, 0.29) is 0 Å². The lowest BCUT2D eigenvalue weighted by molar-refractivity contribution is 0.301. The number of ether oxygens (including phenoxy) is 2. The Morgan fingerprint density at radius 1 is 0.893 bits per heavy atom. The van der Waals surface area contributed by atoms with Gasteiger partial charge in [0.2, 0.25) is 0 Å². The Hall–Kier alpha value is -3.27. The molecular weight excluding hydrogens is 348 g/mol. The molecule has 0 spiro atoms. The molecule has 0 radical (unpaired) electrons. The van der Waals surface area contributed by atoms with Crippen molar-refractivity contribution in [3.05, 3.63) is 78.4 Å². The first kappa shape index (κ1) is 18.1. The third-order valence-electron chi connectivity index (χ3n) is 4.90. The highest BCUT2D eigenvalue weighted by molar-refractivity contribution is 5.80. The number of methoxy groups -OCH3 is 1. The number of para-hydroxylation sites is 2. The van der Waals surface area contributed by atoms with Crippen molar-refractivity contribution in [1.29, 1.82) is 0 Å². The van der Waals surface area contributed by atoms with Gasteiger partial charge in [-0.25, -0.2) is 4.98 Å². The van der Waals surface area contributed by atoms with Crippen molar-refractivity contribution in [1.82, 2.24) is 9.55 Å². The number of aromatic nitrogens is 2. The van der Waals surface area contributed by atoms with Gasteiger partial charge < -0.3 is 14.0 Å². The smallest absolute Gasteiger partial charge is 0.141 e. The van der Waals surface area contributed by atoms with Gasteiger partial charge in [-0.15, -0.1) is 0 Å². The summed E-state index contributed by atoms with van der Waals surface area (Å²) in [5.74, 6) is 2.64. The van der Waals surface area contributed by atoms with Crippen LogP contribution in [0.15, 0.2) is 72.8 Å². The number of fused-ring (bicyclic) bond motifs is 1. The van der Waals surface area contributed by atoms with Crippen molar-refractivity contribution >= 4 is 11.0 Å². The summed E-state index contributed by atoms with van der Waals surface area (Å²) in [6.45, 7) is 3.44. The highest BCUT2D eigenvalue weighted by atomic mass is 16.5. The van der Waals surface area contributed by atoms with Gasteiger partial charge in [-0.05, 0) is 48.4 Å². The fraction of sp³-hybridized carbons (Fsp3) is 0.208. The molecule has 0 saturated heterocycles. The molecule has 0 fully saturated rings. The summed E-state index contributed by atoms with van der Waals surface area (Å²) in [6.07, 6.45) is 1.03. The molecule has 4 rings (SSSR count). The molecule has 0 unspecified atom stereocenters. The van der Waals surface area contributed by atoms with Gasteiger partial charge in [-0.1, -0.05) is 43.3 Å². The van der Waals surface area contributed by atoms with E-state index in [4.69, 9.17) is 14.5 Å². The second-order valence-electron chi connectivity index (χ2n) is 6.65. The molecule has 0 saturated carbocycles. The molecule has 1 aromatic heterocycles. The first-order valence-electron chi connectivity index (χ1n) is 9.60. The lowest BCUT2D eigenvalue weighted by Gasteiger charge is -2.12. The minimum Gasteiger partial charge on any atom is -0.497 e. The van der Waals surface area contributed by atoms with Crippen LogP contribution in [-0.4, -0.2) is 23.3 Å². The van der Waals surface area contributed by atoms with E-state index in [0.717, 1.165) is 40.3 Å². The van der Waals surface area contributed by atoms with Crippen LogP contribution in [0.5, 0.6) is 11.5 Å². The number of benzene rings is 3. The van der Waals surface area contributed by atoms with Crippen LogP contribution < -0.4 is 9.47 Å². The number of hydrogen-bond donors (Lipinski definition) is 0. The topological polar surface area (TPSA) is 36.3 Å². The fourth-order valence-corrected chi connectivity index (χ4v) is 3.36. The molecule has 0 amide bonds. The Morgan fingerprint density at radius 2 is 1.71 bits per heavy atom. The van der Waals surface area contributed by atoms with Crippen LogP contribution in [0.1, 0.15) is 12.5 Å². The molecule has 1 heterocycles. The minimum absolute atomic E-state index is 0.572. The van der Waals surface area contributed by atoms with Crippen molar-refractivity contribution in [3.8, 4) is 22.9 Å². The standard InChI is InChI=1S/C24H24N2O2/c1-3-18-11-13-20(14-12-18)28-16-15-26-23-10-5-4-9-22(23)25-24(26)19-7-6-8-21(17-19)27-2/h4-14,17H,3,15-16H2,1-2H3. The molecule has 28 heavy (non-hydrogen) atoms. The van der Waals surface area contributed by atoms with Crippen molar-refractivity contribution in [3.63, 3.8) is 0 Å². The molecule has 0 N–H and O–H groups in total. The molecule has 142 valence electrons. The van der Waals surface area contributed by atoms with Crippen molar-refractivity contribution < 1.29 is 9.47 Å². The monoisotopic (exact) mass is 372 g/mol. The van der Waals surface area contributed by atoms with Crippen molar-refractivity contribution in [2.24, 2.45) is 0 Å². The lowest BCUT2D eigenvalue weighted by atomic mass is 10.2. The lowest BCUT2D eigenvalue weighted by Crippen LogP contribution is -2.09. The Balaban J connectivity index is 1.61. The van der Waals surface area contributed by atoms with Crippen LogP contribution in [0, 0.1) is 0 Å². The molecule has 0 atom stereocenters. The molecule has 4 nitrogen and oxygen atoms in total. The van der Waals surface area contributed by atoms with Crippen LogP contribution in [0.4, 0.5) is 0 Å². The third-order valence-corrected chi connectivity index (χ3v) is 4.90. The normalized spacial score (nSPS) is 10.9. The van der Waals surface area contributed by atoms with Gasteiger partial charge in [-0.2, -0.15) is 0 Å². The largest absolute Gasteiger partial charge is 0.497 e. The maximum Gasteiger partial charge on any atom is 0.141 e. The number of imidazole rings is 1. The first-order valence-corrected chi connectivity index (χ1v) is 9.60. The molecular formula is C24H24N2O2. The average Bonchev–Trinajstić information content (AvgIpc) is 3.13. The number of hydrogen-bond acceptors (Lipinski definition) is 3. The van der Waals surface area contributed by atoms with E-state index in [1.165, 1.54) is 5.56 Å². The van der Waals surface area contributed by atoms with Gasteiger partial charge in [0.25, 0.3) is 0 Å². The average molecular weight is 372 g/mol. The molecule has 0 aliphatic heterocycles. The van der Waals surface area contributed by atoms with Gasteiger partial charge in [0.1, 0.15) is 23.9 Å². The van der Waals surface area contributed by atoms with Gasteiger partial charge in [0.15, 0.2) is 0 Å². The zero-order valence-corrected chi connectivity index (χ0v) is 16.3. The predicted octanol–water partition coefficient (Wildman–Crippen LogP) is 5.35. The summed E-state index contributed by atoms with van der Waals surface area (Å²) < 4.78 is 13.6. The van der Waals surface area contributed by atoms with Gasteiger partial charge in [0, 0.05) is 5.56 Å². The highest BCUT2D eigenvalue weighted by Crippen LogP contribution is 2.27. The fourth-order valence-electron chi connectivity index (χ4n) is 3.36. The molecule has 0 aliphatic rings. The summed E-state index contributed by atoms with van der Waals surface area (Å²) in [5.41, 5.74) is 4.42. The number of nitrogens with zero attached hydrogens (tertiary/aromatic N) is 2. The zero-order valence-electron chi connectivity index (χ0n) is 16.3. The van der Waals surface area contributed by atoms with E-state index in [9.17, 15) is 0 Å². The van der Waals surface area contributed by atoms with Crippen LogP contribution in [0.3, 0.4) is 0 Å². The first-order chi connectivity index (χ1) is 13.8. The van der Waals surface area contributed by atoms with Crippen LogP contribution >= 0.6 is 0 Å². The summed E-state index contributed by atoms with van der Waals surface area (Å²) in [7, 11) is 1.68. The molecule has 3 aromatic carbocycles. The summed E-state index contributed by atoms with van der Waals surface area (Å²) >= 11 is 0. The van der Waals surface area contributed by atoms with E-state index in [1.54, 1.807) is 7.11 Å². The molecule has 0 bridgehead atoms. The second kappa shape index (κ2) is 8.17. The Kier molecular flexibility index (Phi) is 5.29. The van der Waals surface area contributed by atoms with Crippen LogP contribution in [-0.2, 0) is 13.0 Å². The maximum absolute atomic E-state index is 5.99. The molecule has 0 aliphatic carbocycles. The second-order valence-corrected chi connectivity index (χ2v) is 6.65. The van der Waals surface area contributed by atoms with Gasteiger partial charge >= 0.3 is 0 Å². The van der Waals surface area contributed by atoms with E-state index < -0.39 is 0 Å². The Bertz CT molecular complexity index is 1070. The SMILES string of the molecule is CCc1ccc(OCCn2c(-c3cccc(OC)c3)nc3ccccc32)cc1. The highest BCUT2D eigenvalue weighted by Gasteiger charge is 2.13. The zero-order chi connectivity index (χ0) is 19.3. The van der Waals surface area contributed by atoms with Crippen LogP contribution in [0.2, 0.25) is 0 Å². The Labute approximate surface area is 165 Å². The predicted molar refractivity (Wildman–Crippen MR) is 113 cm³/mol. The van der Waals surface area contributed by atoms with Gasteiger partial charge in [0.05, 0.1) is 24.7 Å².